The lowest BCUT2D eigenvalue weighted by atomic mass is 9.76. The molecule has 1 aliphatic heterocycles. The van der Waals surface area contributed by atoms with Crippen molar-refractivity contribution >= 4 is 5.69 Å². The molecule has 2 aliphatic rings. The topological polar surface area (TPSA) is 58.4 Å². The minimum atomic E-state index is -0.326. The number of non-ortho nitro benzene ring substituents is 1. The van der Waals surface area contributed by atoms with E-state index in [2.05, 4.69) is 10.2 Å². The van der Waals surface area contributed by atoms with E-state index in [1.165, 1.54) is 24.8 Å². The van der Waals surface area contributed by atoms with Crippen LogP contribution in [0.5, 0.6) is 0 Å². The van der Waals surface area contributed by atoms with Crippen molar-refractivity contribution in [3.8, 4) is 0 Å². The standard InChI is InChI=1S/C15H21N3O2/c19-18(20)14-6-4-13(5-7-14)15(12-2-1-3-12)17-10-8-16-9-11-17/h4-7,12,15-16H,1-3,8-11H2/t15-/m1/s1. The van der Waals surface area contributed by atoms with E-state index in [-0.39, 0.29) is 10.6 Å². The molecule has 1 saturated carbocycles. The molecule has 5 nitrogen and oxygen atoms in total. The predicted octanol–water partition coefficient (Wildman–Crippen LogP) is 2.34. The van der Waals surface area contributed by atoms with Crippen molar-refractivity contribution in [3.63, 3.8) is 0 Å². The largest absolute Gasteiger partial charge is 0.314 e. The van der Waals surface area contributed by atoms with E-state index in [9.17, 15) is 10.1 Å². The summed E-state index contributed by atoms with van der Waals surface area (Å²) in [5, 5.41) is 14.2. The van der Waals surface area contributed by atoms with E-state index in [1.54, 1.807) is 12.1 Å². The molecule has 1 N–H and O–H groups in total. The number of nitrogens with zero attached hydrogens (tertiary/aromatic N) is 2. The van der Waals surface area contributed by atoms with Gasteiger partial charge in [-0.1, -0.05) is 18.6 Å². The minimum absolute atomic E-state index is 0.182. The number of piperazine rings is 1. The first-order chi connectivity index (χ1) is 9.75. The van der Waals surface area contributed by atoms with Crippen molar-refractivity contribution in [2.45, 2.75) is 25.3 Å². The molecule has 1 aromatic rings. The molecule has 0 unspecified atom stereocenters. The molecule has 0 spiro atoms. The third kappa shape index (κ3) is 2.69. The zero-order valence-electron chi connectivity index (χ0n) is 11.6. The average molecular weight is 275 g/mol. The second-order valence-corrected chi connectivity index (χ2v) is 5.77. The molecule has 1 heterocycles. The highest BCUT2D eigenvalue weighted by atomic mass is 16.6. The van der Waals surface area contributed by atoms with E-state index in [4.69, 9.17) is 0 Å². The van der Waals surface area contributed by atoms with Gasteiger partial charge in [0.2, 0.25) is 0 Å². The Morgan fingerprint density at radius 1 is 1.20 bits per heavy atom. The Morgan fingerprint density at radius 2 is 1.85 bits per heavy atom. The fourth-order valence-corrected chi connectivity index (χ4v) is 3.29. The van der Waals surface area contributed by atoms with Crippen LogP contribution in [0.2, 0.25) is 0 Å². The summed E-state index contributed by atoms with van der Waals surface area (Å²) in [5.41, 5.74) is 1.42. The van der Waals surface area contributed by atoms with Gasteiger partial charge in [-0.25, -0.2) is 0 Å². The smallest absolute Gasteiger partial charge is 0.269 e. The van der Waals surface area contributed by atoms with E-state index in [1.807, 2.05) is 12.1 Å². The Bertz CT molecular complexity index is 465. The first-order valence-electron chi connectivity index (χ1n) is 7.45. The van der Waals surface area contributed by atoms with Crippen LogP contribution < -0.4 is 5.32 Å². The zero-order valence-corrected chi connectivity index (χ0v) is 11.6. The van der Waals surface area contributed by atoms with Crippen LogP contribution in [-0.4, -0.2) is 36.0 Å². The van der Waals surface area contributed by atoms with Crippen molar-refractivity contribution in [2.24, 2.45) is 5.92 Å². The quantitative estimate of drug-likeness (QED) is 0.677. The SMILES string of the molecule is O=[N+]([O-])c1ccc([C@@H](C2CCC2)N2CCNCC2)cc1. The van der Waals surface area contributed by atoms with E-state index >= 15 is 0 Å². The number of benzene rings is 1. The Kier molecular flexibility index (Phi) is 3.98. The fraction of sp³-hybridized carbons (Fsp3) is 0.600. The molecular formula is C15H21N3O2. The molecule has 2 fully saturated rings. The molecular weight excluding hydrogens is 254 g/mol. The molecule has 5 heteroatoms. The highest BCUT2D eigenvalue weighted by Gasteiger charge is 2.33. The van der Waals surface area contributed by atoms with Crippen LogP contribution in [-0.2, 0) is 0 Å². The van der Waals surface area contributed by atoms with Gasteiger partial charge in [0.1, 0.15) is 0 Å². The van der Waals surface area contributed by atoms with Crippen molar-refractivity contribution in [2.75, 3.05) is 26.2 Å². The summed E-state index contributed by atoms with van der Waals surface area (Å²) in [6.45, 7) is 4.21. The van der Waals surface area contributed by atoms with Crippen molar-refractivity contribution in [1.82, 2.24) is 10.2 Å². The highest BCUT2D eigenvalue weighted by molar-refractivity contribution is 5.34. The Morgan fingerprint density at radius 3 is 2.35 bits per heavy atom. The third-order valence-electron chi connectivity index (χ3n) is 4.59. The maximum absolute atomic E-state index is 10.8. The van der Waals surface area contributed by atoms with Gasteiger partial charge in [-0.05, 0) is 24.3 Å². The maximum Gasteiger partial charge on any atom is 0.269 e. The van der Waals surface area contributed by atoms with Crippen LogP contribution >= 0.6 is 0 Å². The molecule has 0 amide bonds. The minimum Gasteiger partial charge on any atom is -0.314 e. The summed E-state index contributed by atoms with van der Waals surface area (Å²) >= 11 is 0. The highest BCUT2D eigenvalue weighted by Crippen LogP contribution is 2.41. The molecule has 0 bridgehead atoms. The van der Waals surface area contributed by atoms with Gasteiger partial charge < -0.3 is 5.32 Å². The lowest BCUT2D eigenvalue weighted by Gasteiger charge is -2.43. The van der Waals surface area contributed by atoms with E-state index in [0.717, 1.165) is 32.1 Å². The van der Waals surface area contributed by atoms with Crippen LogP contribution in [0.25, 0.3) is 0 Å². The van der Waals surface area contributed by atoms with Crippen LogP contribution in [0.4, 0.5) is 5.69 Å². The van der Waals surface area contributed by atoms with Gasteiger partial charge in [-0.3, -0.25) is 15.0 Å². The predicted molar refractivity (Wildman–Crippen MR) is 77.6 cm³/mol. The Balaban J connectivity index is 1.82. The summed E-state index contributed by atoms with van der Waals surface area (Å²) in [6.07, 6.45) is 3.89. The number of nitro groups is 1. The second-order valence-electron chi connectivity index (χ2n) is 5.77. The first kappa shape index (κ1) is 13.5. The Hall–Kier alpha value is -1.46. The van der Waals surface area contributed by atoms with Crippen LogP contribution in [0, 0.1) is 16.0 Å². The maximum atomic E-state index is 10.8. The van der Waals surface area contributed by atoms with Gasteiger partial charge in [0.25, 0.3) is 5.69 Å². The second kappa shape index (κ2) is 5.89. The molecule has 1 aromatic carbocycles. The van der Waals surface area contributed by atoms with Crippen molar-refractivity contribution < 1.29 is 4.92 Å². The van der Waals surface area contributed by atoms with Crippen LogP contribution in [0.1, 0.15) is 30.9 Å². The van der Waals surface area contributed by atoms with Gasteiger partial charge >= 0.3 is 0 Å². The molecule has 0 aromatic heterocycles. The number of hydrogen-bond donors (Lipinski definition) is 1. The lowest BCUT2D eigenvalue weighted by Crippen LogP contribution is -2.47. The molecule has 1 saturated heterocycles. The van der Waals surface area contributed by atoms with Gasteiger partial charge in [-0.15, -0.1) is 0 Å². The normalized spacial score (nSPS) is 22.2. The van der Waals surface area contributed by atoms with Crippen LogP contribution in [0.15, 0.2) is 24.3 Å². The van der Waals surface area contributed by atoms with Crippen molar-refractivity contribution in [3.05, 3.63) is 39.9 Å². The van der Waals surface area contributed by atoms with Crippen molar-refractivity contribution in [1.29, 1.82) is 0 Å². The fourth-order valence-electron chi connectivity index (χ4n) is 3.29. The first-order valence-corrected chi connectivity index (χ1v) is 7.45. The third-order valence-corrected chi connectivity index (χ3v) is 4.59. The van der Waals surface area contributed by atoms with Crippen LogP contribution in [0.3, 0.4) is 0 Å². The summed E-state index contributed by atoms with van der Waals surface area (Å²) in [6, 6.07) is 7.62. The molecule has 3 rings (SSSR count). The summed E-state index contributed by atoms with van der Waals surface area (Å²) in [5.74, 6) is 0.717. The van der Waals surface area contributed by atoms with Gasteiger partial charge in [0, 0.05) is 44.4 Å². The summed E-state index contributed by atoms with van der Waals surface area (Å²) in [4.78, 5) is 13.0. The van der Waals surface area contributed by atoms with E-state index < -0.39 is 0 Å². The summed E-state index contributed by atoms with van der Waals surface area (Å²) in [7, 11) is 0. The van der Waals surface area contributed by atoms with Gasteiger partial charge in [0.15, 0.2) is 0 Å². The molecule has 0 radical (unpaired) electrons. The van der Waals surface area contributed by atoms with E-state index in [0.29, 0.717) is 6.04 Å². The van der Waals surface area contributed by atoms with Gasteiger partial charge in [-0.2, -0.15) is 0 Å². The number of hydrogen-bond acceptors (Lipinski definition) is 4. The lowest BCUT2D eigenvalue weighted by molar-refractivity contribution is -0.384. The van der Waals surface area contributed by atoms with Gasteiger partial charge in [0.05, 0.1) is 4.92 Å². The molecule has 108 valence electrons. The number of nitro benzene ring substituents is 1. The molecule has 1 atom stereocenters. The average Bonchev–Trinajstić information content (AvgIpc) is 2.44. The molecule has 1 aliphatic carbocycles. The zero-order chi connectivity index (χ0) is 13.9. The Labute approximate surface area is 119 Å². The summed E-state index contributed by atoms with van der Waals surface area (Å²) < 4.78 is 0. The number of nitrogens with one attached hydrogen (secondary N) is 1. The number of rotatable bonds is 4. The monoisotopic (exact) mass is 275 g/mol. The molecule has 20 heavy (non-hydrogen) atoms.